The number of anilines is 1. The molecular weight excluding hydrogens is 298 g/mol. The van der Waals surface area contributed by atoms with Crippen molar-refractivity contribution in [3.8, 4) is 11.4 Å². The van der Waals surface area contributed by atoms with E-state index in [0.717, 1.165) is 28.2 Å². The van der Waals surface area contributed by atoms with Crippen LogP contribution in [0.25, 0.3) is 16.7 Å². The summed E-state index contributed by atoms with van der Waals surface area (Å²) in [5.41, 5.74) is 8.68. The predicted molar refractivity (Wildman–Crippen MR) is 90.4 cm³/mol. The van der Waals surface area contributed by atoms with E-state index in [-0.39, 0.29) is 5.11 Å². The molecule has 7 heteroatoms. The van der Waals surface area contributed by atoms with Gasteiger partial charge in [0.2, 0.25) is 0 Å². The molecule has 0 aliphatic heterocycles. The number of nitrogens with two attached hydrogens (primary N) is 1. The highest BCUT2D eigenvalue weighted by molar-refractivity contribution is 7.80. The van der Waals surface area contributed by atoms with Crippen molar-refractivity contribution in [1.29, 1.82) is 0 Å². The third kappa shape index (κ3) is 2.99. The number of hydrogen-bond donors (Lipinski definition) is 2. The first-order valence-corrected chi connectivity index (χ1v) is 7.23. The zero-order chi connectivity index (χ0) is 15.5. The molecule has 0 aliphatic carbocycles. The zero-order valence-corrected chi connectivity index (χ0v) is 12.8. The molecular formula is C15H15N5OS. The Kier molecular flexibility index (Phi) is 3.88. The predicted octanol–water partition coefficient (Wildman–Crippen LogP) is 2.47. The Balaban J connectivity index is 1.92. The molecule has 0 saturated carbocycles. The Morgan fingerprint density at radius 2 is 1.91 bits per heavy atom. The molecule has 2 aromatic carbocycles. The van der Waals surface area contributed by atoms with Gasteiger partial charge in [-0.05, 0) is 61.6 Å². The maximum Gasteiger partial charge on any atom is 0.168 e. The highest BCUT2D eigenvalue weighted by Crippen LogP contribution is 2.19. The summed E-state index contributed by atoms with van der Waals surface area (Å²) in [6, 6.07) is 13.2. The van der Waals surface area contributed by atoms with Crippen molar-refractivity contribution in [2.45, 2.75) is 6.92 Å². The van der Waals surface area contributed by atoms with Crippen LogP contribution in [0.1, 0.15) is 6.92 Å². The lowest BCUT2D eigenvalue weighted by molar-refractivity contribution is 0.340. The fourth-order valence-electron chi connectivity index (χ4n) is 2.09. The van der Waals surface area contributed by atoms with Gasteiger partial charge in [-0.1, -0.05) is 0 Å². The summed E-state index contributed by atoms with van der Waals surface area (Å²) in [5.74, 6) is 0.825. The largest absolute Gasteiger partial charge is 0.494 e. The molecule has 1 aromatic heterocycles. The quantitative estimate of drug-likeness (QED) is 0.721. The number of thiocarbonyl (C=S) groups is 1. The number of hydrogen-bond acceptors (Lipinski definition) is 4. The second-order valence-electron chi connectivity index (χ2n) is 4.61. The summed E-state index contributed by atoms with van der Waals surface area (Å²) in [4.78, 5) is 1.59. The van der Waals surface area contributed by atoms with Crippen LogP contribution >= 0.6 is 12.2 Å². The van der Waals surface area contributed by atoms with E-state index in [2.05, 4.69) is 15.5 Å². The average molecular weight is 313 g/mol. The molecule has 1 heterocycles. The third-order valence-corrected chi connectivity index (χ3v) is 3.13. The molecule has 0 amide bonds. The molecule has 0 radical (unpaired) electrons. The van der Waals surface area contributed by atoms with Gasteiger partial charge in [-0.25, -0.2) is 0 Å². The van der Waals surface area contributed by atoms with Crippen LogP contribution in [0.3, 0.4) is 0 Å². The molecule has 3 rings (SSSR count). The summed E-state index contributed by atoms with van der Waals surface area (Å²) < 4.78 is 5.43. The molecule has 0 saturated heterocycles. The van der Waals surface area contributed by atoms with Crippen molar-refractivity contribution < 1.29 is 4.74 Å². The monoisotopic (exact) mass is 313 g/mol. The van der Waals surface area contributed by atoms with Crippen LogP contribution in [0, 0.1) is 0 Å². The second kappa shape index (κ2) is 5.98. The highest BCUT2D eigenvalue weighted by Gasteiger charge is 2.06. The van der Waals surface area contributed by atoms with Gasteiger partial charge in [0.1, 0.15) is 16.8 Å². The highest BCUT2D eigenvalue weighted by atomic mass is 32.1. The van der Waals surface area contributed by atoms with Crippen LogP contribution in [-0.4, -0.2) is 26.7 Å². The van der Waals surface area contributed by atoms with Crippen LogP contribution in [0.2, 0.25) is 0 Å². The number of ether oxygens (including phenoxy) is 1. The molecule has 22 heavy (non-hydrogen) atoms. The Morgan fingerprint density at radius 1 is 1.18 bits per heavy atom. The Hall–Kier alpha value is -2.67. The van der Waals surface area contributed by atoms with Crippen molar-refractivity contribution in [3.05, 3.63) is 42.5 Å². The van der Waals surface area contributed by atoms with E-state index in [1.165, 1.54) is 0 Å². The van der Waals surface area contributed by atoms with Gasteiger partial charge in [-0.15, -0.1) is 10.2 Å². The standard InChI is InChI=1S/C15H15N5OS/c1-2-21-12-6-4-11(5-7-12)20-18-13-8-3-10(17-15(16)22)9-14(13)19-20/h3-9H,2H2,1H3,(H3,16,17,22). The molecule has 0 aliphatic rings. The summed E-state index contributed by atoms with van der Waals surface area (Å²) in [6.07, 6.45) is 0. The van der Waals surface area contributed by atoms with Gasteiger partial charge < -0.3 is 15.8 Å². The first-order chi connectivity index (χ1) is 10.7. The van der Waals surface area contributed by atoms with Gasteiger partial charge in [0.15, 0.2) is 5.11 Å². The number of nitrogens with one attached hydrogen (secondary N) is 1. The molecule has 0 atom stereocenters. The van der Waals surface area contributed by atoms with Crippen molar-refractivity contribution >= 4 is 34.1 Å². The molecule has 3 aromatic rings. The minimum absolute atomic E-state index is 0.221. The van der Waals surface area contributed by atoms with E-state index in [9.17, 15) is 0 Å². The van der Waals surface area contributed by atoms with Crippen molar-refractivity contribution in [2.24, 2.45) is 5.73 Å². The second-order valence-corrected chi connectivity index (χ2v) is 5.05. The summed E-state index contributed by atoms with van der Waals surface area (Å²) in [6.45, 7) is 2.59. The van der Waals surface area contributed by atoms with E-state index in [4.69, 9.17) is 22.7 Å². The molecule has 3 N–H and O–H groups in total. The van der Waals surface area contributed by atoms with Gasteiger partial charge in [0.05, 0.1) is 12.3 Å². The van der Waals surface area contributed by atoms with Crippen LogP contribution in [-0.2, 0) is 0 Å². The van der Waals surface area contributed by atoms with Crippen LogP contribution in [0.5, 0.6) is 5.75 Å². The maximum atomic E-state index is 5.47. The fraction of sp³-hybridized carbons (Fsp3) is 0.133. The van der Waals surface area contributed by atoms with Crippen LogP contribution in [0.15, 0.2) is 42.5 Å². The normalized spacial score (nSPS) is 10.6. The molecule has 0 fully saturated rings. The number of aromatic nitrogens is 3. The molecule has 0 bridgehead atoms. The third-order valence-electron chi connectivity index (χ3n) is 3.03. The minimum Gasteiger partial charge on any atom is -0.494 e. The van der Waals surface area contributed by atoms with Crippen LogP contribution in [0.4, 0.5) is 5.69 Å². The first kappa shape index (κ1) is 14.3. The number of fused-ring (bicyclic) bond motifs is 1. The summed E-state index contributed by atoms with van der Waals surface area (Å²) in [5, 5.41) is 12.0. The van der Waals surface area contributed by atoms with E-state index < -0.39 is 0 Å². The van der Waals surface area contributed by atoms with Gasteiger partial charge in [-0.2, -0.15) is 4.80 Å². The number of nitrogens with zero attached hydrogens (tertiary/aromatic N) is 3. The number of benzene rings is 2. The lowest BCUT2D eigenvalue weighted by Gasteiger charge is -2.03. The topological polar surface area (TPSA) is 78.0 Å². The van der Waals surface area contributed by atoms with Gasteiger partial charge in [0.25, 0.3) is 0 Å². The lowest BCUT2D eigenvalue weighted by atomic mass is 10.3. The maximum absolute atomic E-state index is 5.47. The average Bonchev–Trinajstić information content (AvgIpc) is 2.91. The fourth-order valence-corrected chi connectivity index (χ4v) is 2.21. The van der Waals surface area contributed by atoms with E-state index in [1.807, 2.05) is 49.4 Å². The molecule has 0 spiro atoms. The van der Waals surface area contributed by atoms with E-state index in [1.54, 1.807) is 4.80 Å². The van der Waals surface area contributed by atoms with Gasteiger partial charge >= 0.3 is 0 Å². The summed E-state index contributed by atoms with van der Waals surface area (Å²) in [7, 11) is 0. The van der Waals surface area contributed by atoms with Gasteiger partial charge in [0, 0.05) is 5.69 Å². The number of rotatable bonds is 4. The van der Waals surface area contributed by atoms with Crippen molar-refractivity contribution in [1.82, 2.24) is 15.0 Å². The Labute approximate surface area is 132 Å². The van der Waals surface area contributed by atoms with Crippen molar-refractivity contribution in [2.75, 3.05) is 11.9 Å². The van der Waals surface area contributed by atoms with E-state index >= 15 is 0 Å². The molecule has 0 unspecified atom stereocenters. The molecule has 6 nitrogen and oxygen atoms in total. The van der Waals surface area contributed by atoms with Gasteiger partial charge in [-0.3, -0.25) is 0 Å². The smallest absolute Gasteiger partial charge is 0.168 e. The Bertz CT molecular complexity index is 812. The Morgan fingerprint density at radius 3 is 2.59 bits per heavy atom. The zero-order valence-electron chi connectivity index (χ0n) is 12.0. The first-order valence-electron chi connectivity index (χ1n) is 6.82. The molecule has 112 valence electrons. The summed E-state index contributed by atoms with van der Waals surface area (Å²) >= 11 is 4.83. The SMILES string of the molecule is CCOc1ccc(-n2nc3ccc(NC(N)=S)cc3n2)cc1. The minimum atomic E-state index is 0.221. The van der Waals surface area contributed by atoms with E-state index in [0.29, 0.717) is 6.61 Å². The van der Waals surface area contributed by atoms with Crippen LogP contribution < -0.4 is 15.8 Å². The van der Waals surface area contributed by atoms with Crippen molar-refractivity contribution in [3.63, 3.8) is 0 Å². The lowest BCUT2D eigenvalue weighted by Crippen LogP contribution is -2.18.